The molecule has 0 radical (unpaired) electrons. The molecule has 2 rings (SSSR count). The number of halogens is 4. The van der Waals surface area contributed by atoms with Gasteiger partial charge in [-0.25, -0.2) is 9.37 Å². The zero-order chi connectivity index (χ0) is 17.0. The van der Waals surface area contributed by atoms with Crippen LogP contribution in [0.5, 0.6) is 5.88 Å². The molecular formula is C15H15F4N3O. The molecule has 0 aliphatic rings. The number of nitrogens with zero attached hydrogens (tertiary/aromatic N) is 2. The Hall–Kier alpha value is -2.38. The molecule has 4 nitrogen and oxygen atoms in total. The molecule has 1 N–H and O–H groups in total. The van der Waals surface area contributed by atoms with Crippen LogP contribution in [0.1, 0.15) is 19.4 Å². The number of anilines is 2. The van der Waals surface area contributed by atoms with Crippen LogP contribution in [-0.4, -0.2) is 16.6 Å². The normalized spacial score (nSPS) is 11.6. The summed E-state index contributed by atoms with van der Waals surface area (Å²) in [5.74, 6) is -1.12. The number of alkyl halides is 3. The van der Waals surface area contributed by atoms with Gasteiger partial charge in [0.25, 0.3) is 0 Å². The van der Waals surface area contributed by atoms with E-state index in [1.807, 2.05) is 0 Å². The maximum absolute atomic E-state index is 13.1. The molecule has 0 bridgehead atoms. The Morgan fingerprint density at radius 1 is 1.26 bits per heavy atom. The average molecular weight is 329 g/mol. The molecular weight excluding hydrogens is 314 g/mol. The number of ether oxygens (including phenoxy) is 1. The summed E-state index contributed by atoms with van der Waals surface area (Å²) >= 11 is 0. The molecule has 0 aliphatic heterocycles. The fraction of sp³-hybridized carbons (Fsp3) is 0.333. The van der Waals surface area contributed by atoms with Gasteiger partial charge in [-0.05, 0) is 24.1 Å². The summed E-state index contributed by atoms with van der Waals surface area (Å²) in [7, 11) is 0. The van der Waals surface area contributed by atoms with Crippen LogP contribution in [-0.2, 0) is 6.18 Å². The van der Waals surface area contributed by atoms with E-state index in [1.54, 1.807) is 19.9 Å². The molecule has 0 fully saturated rings. The van der Waals surface area contributed by atoms with Gasteiger partial charge in [0.15, 0.2) is 0 Å². The minimum atomic E-state index is -4.62. The van der Waals surface area contributed by atoms with Crippen molar-refractivity contribution < 1.29 is 22.3 Å². The van der Waals surface area contributed by atoms with Crippen molar-refractivity contribution in [3.05, 3.63) is 41.8 Å². The van der Waals surface area contributed by atoms with Crippen LogP contribution in [0.2, 0.25) is 0 Å². The van der Waals surface area contributed by atoms with E-state index in [0.717, 1.165) is 0 Å². The van der Waals surface area contributed by atoms with Crippen molar-refractivity contribution in [1.29, 1.82) is 0 Å². The van der Waals surface area contributed by atoms with Crippen molar-refractivity contribution in [1.82, 2.24) is 9.97 Å². The Bertz CT molecular complexity index is 674. The van der Waals surface area contributed by atoms with Crippen LogP contribution in [0.15, 0.2) is 30.5 Å². The highest BCUT2D eigenvalue weighted by Gasteiger charge is 2.36. The predicted molar refractivity (Wildman–Crippen MR) is 77.0 cm³/mol. The summed E-state index contributed by atoms with van der Waals surface area (Å²) in [6, 6.07) is 5.42. The van der Waals surface area contributed by atoms with Crippen LogP contribution in [0, 0.1) is 11.7 Å². The molecule has 23 heavy (non-hydrogen) atoms. The van der Waals surface area contributed by atoms with E-state index in [4.69, 9.17) is 4.74 Å². The smallest absolute Gasteiger partial charge is 0.423 e. The minimum absolute atomic E-state index is 0.0330. The summed E-state index contributed by atoms with van der Waals surface area (Å²) in [6.07, 6.45) is -3.98. The molecule has 8 heteroatoms. The monoisotopic (exact) mass is 329 g/mol. The number of hydrogen-bond acceptors (Lipinski definition) is 4. The largest absolute Gasteiger partial charge is 0.477 e. The zero-order valence-electron chi connectivity index (χ0n) is 12.5. The second-order valence-corrected chi connectivity index (χ2v) is 5.25. The second-order valence-electron chi connectivity index (χ2n) is 5.25. The summed E-state index contributed by atoms with van der Waals surface area (Å²) in [4.78, 5) is 7.36. The minimum Gasteiger partial charge on any atom is -0.477 e. The summed E-state index contributed by atoms with van der Waals surface area (Å²) in [6.45, 7) is 3.69. The lowest BCUT2D eigenvalue weighted by atomic mass is 10.2. The standard InChI is InChI=1S/C15H15F4N3O/c1-9(2)8-23-13-12(15(17,18)19)7-20-14(22-13)21-11-5-3-4-10(16)6-11/h3-7,9H,8H2,1-2H3,(H,20,21,22). The number of nitrogens with one attached hydrogen (secondary N) is 1. The molecule has 2 aromatic rings. The molecule has 1 aromatic carbocycles. The van der Waals surface area contributed by atoms with E-state index in [-0.39, 0.29) is 18.5 Å². The summed E-state index contributed by atoms with van der Waals surface area (Å²) < 4.78 is 57.1. The van der Waals surface area contributed by atoms with Crippen LogP contribution in [0.3, 0.4) is 0 Å². The third-order valence-corrected chi connectivity index (χ3v) is 2.69. The number of aromatic nitrogens is 2. The maximum atomic E-state index is 13.1. The second kappa shape index (κ2) is 6.80. The quantitative estimate of drug-likeness (QED) is 0.825. The molecule has 0 unspecified atom stereocenters. The first-order valence-electron chi connectivity index (χ1n) is 6.85. The molecule has 124 valence electrons. The third-order valence-electron chi connectivity index (χ3n) is 2.69. The van der Waals surface area contributed by atoms with E-state index < -0.39 is 23.4 Å². The van der Waals surface area contributed by atoms with Crippen molar-refractivity contribution in [2.75, 3.05) is 11.9 Å². The fourth-order valence-electron chi connectivity index (χ4n) is 1.67. The van der Waals surface area contributed by atoms with Gasteiger partial charge in [0.1, 0.15) is 11.4 Å². The SMILES string of the molecule is CC(C)COc1nc(Nc2cccc(F)c2)ncc1C(F)(F)F. The molecule has 0 spiro atoms. The highest BCUT2D eigenvalue weighted by Crippen LogP contribution is 2.35. The Labute approximate surface area is 130 Å². The average Bonchev–Trinajstić information content (AvgIpc) is 2.44. The van der Waals surface area contributed by atoms with Crippen LogP contribution < -0.4 is 10.1 Å². The number of rotatable bonds is 5. The van der Waals surface area contributed by atoms with E-state index >= 15 is 0 Å². The Balaban J connectivity index is 2.29. The van der Waals surface area contributed by atoms with E-state index in [9.17, 15) is 17.6 Å². The first-order chi connectivity index (χ1) is 10.8. The van der Waals surface area contributed by atoms with Crippen molar-refractivity contribution >= 4 is 11.6 Å². The lowest BCUT2D eigenvalue weighted by molar-refractivity contribution is -0.139. The Morgan fingerprint density at radius 3 is 2.61 bits per heavy atom. The van der Waals surface area contributed by atoms with Crippen LogP contribution >= 0.6 is 0 Å². The lowest BCUT2D eigenvalue weighted by Gasteiger charge is -2.15. The number of benzene rings is 1. The van der Waals surface area contributed by atoms with Crippen molar-refractivity contribution in [3.8, 4) is 5.88 Å². The van der Waals surface area contributed by atoms with Crippen molar-refractivity contribution in [2.45, 2.75) is 20.0 Å². The van der Waals surface area contributed by atoms with E-state index in [2.05, 4.69) is 15.3 Å². The van der Waals surface area contributed by atoms with Gasteiger partial charge < -0.3 is 10.1 Å². The third kappa shape index (κ3) is 4.80. The van der Waals surface area contributed by atoms with Crippen molar-refractivity contribution in [2.24, 2.45) is 5.92 Å². The zero-order valence-corrected chi connectivity index (χ0v) is 12.5. The van der Waals surface area contributed by atoms with Crippen molar-refractivity contribution in [3.63, 3.8) is 0 Å². The van der Waals surface area contributed by atoms with Crippen LogP contribution in [0.4, 0.5) is 29.2 Å². The highest BCUT2D eigenvalue weighted by molar-refractivity contribution is 5.53. The molecule has 0 saturated heterocycles. The van der Waals surface area contributed by atoms with Gasteiger partial charge in [-0.1, -0.05) is 19.9 Å². The Morgan fingerprint density at radius 2 is 2.00 bits per heavy atom. The molecule has 0 saturated carbocycles. The van der Waals surface area contributed by atoms with E-state index in [0.29, 0.717) is 11.9 Å². The van der Waals surface area contributed by atoms with Gasteiger partial charge in [-0.3, -0.25) is 0 Å². The molecule has 1 aromatic heterocycles. The topological polar surface area (TPSA) is 47.0 Å². The van der Waals surface area contributed by atoms with Crippen LogP contribution in [0.25, 0.3) is 0 Å². The van der Waals surface area contributed by atoms with Gasteiger partial charge >= 0.3 is 6.18 Å². The fourth-order valence-corrected chi connectivity index (χ4v) is 1.67. The van der Waals surface area contributed by atoms with E-state index in [1.165, 1.54) is 18.2 Å². The Kier molecular flexibility index (Phi) is 5.02. The first kappa shape index (κ1) is 17.0. The molecule has 0 amide bonds. The number of hydrogen-bond donors (Lipinski definition) is 1. The van der Waals surface area contributed by atoms with Gasteiger partial charge in [0.2, 0.25) is 11.8 Å². The van der Waals surface area contributed by atoms with Gasteiger partial charge in [-0.2, -0.15) is 18.2 Å². The lowest BCUT2D eigenvalue weighted by Crippen LogP contribution is -2.14. The molecule has 0 aliphatic carbocycles. The van der Waals surface area contributed by atoms with Gasteiger partial charge in [0.05, 0.1) is 6.61 Å². The maximum Gasteiger partial charge on any atom is 0.423 e. The predicted octanol–water partition coefficient (Wildman–Crippen LogP) is 4.41. The van der Waals surface area contributed by atoms with Gasteiger partial charge in [0, 0.05) is 11.9 Å². The first-order valence-corrected chi connectivity index (χ1v) is 6.85. The van der Waals surface area contributed by atoms with Gasteiger partial charge in [-0.15, -0.1) is 0 Å². The molecule has 0 atom stereocenters. The molecule has 1 heterocycles. The highest BCUT2D eigenvalue weighted by atomic mass is 19.4. The summed E-state index contributed by atoms with van der Waals surface area (Å²) in [5, 5.41) is 2.64. The summed E-state index contributed by atoms with van der Waals surface area (Å²) in [5.41, 5.74) is -0.734.